The maximum absolute atomic E-state index is 6.38. The Hall–Kier alpha value is -7.77. The molecule has 0 aliphatic carbocycles. The van der Waals surface area contributed by atoms with E-state index in [0.717, 1.165) is 83.0 Å². The molecule has 262 valence electrons. The van der Waals surface area contributed by atoms with Crippen LogP contribution in [-0.2, 0) is 0 Å². The summed E-state index contributed by atoms with van der Waals surface area (Å²) in [5, 5.41) is 10.7. The van der Waals surface area contributed by atoms with Gasteiger partial charge in [-0.1, -0.05) is 115 Å². The summed E-state index contributed by atoms with van der Waals surface area (Å²) in [7, 11) is 0. The SMILES string of the molecule is c1ccc(-c2nc(-c3ccccc3)nc(-c3ccc4oc5ccc(-c6cccc(-c7nn(-c8ccncc8)c8ccc9ccccc9c78)c6)cc5c4c3)n2)cc1. The van der Waals surface area contributed by atoms with Crippen molar-refractivity contribution in [1.82, 2.24) is 29.7 Å². The Morgan fingerprint density at radius 3 is 1.70 bits per heavy atom. The molecule has 0 amide bonds. The molecule has 0 bridgehead atoms. The fourth-order valence-corrected chi connectivity index (χ4v) is 7.65. The average molecular weight is 719 g/mol. The van der Waals surface area contributed by atoms with Gasteiger partial charge in [0, 0.05) is 50.8 Å². The first-order chi connectivity index (χ1) is 27.7. The molecule has 11 rings (SSSR count). The number of hydrogen-bond donors (Lipinski definition) is 0. The van der Waals surface area contributed by atoms with Gasteiger partial charge in [-0.25, -0.2) is 19.6 Å². The van der Waals surface area contributed by atoms with Crippen LogP contribution in [0.2, 0.25) is 0 Å². The lowest BCUT2D eigenvalue weighted by molar-refractivity contribution is 0.669. The van der Waals surface area contributed by atoms with Gasteiger partial charge in [0.15, 0.2) is 17.5 Å². The number of nitrogens with zero attached hydrogens (tertiary/aromatic N) is 6. The van der Waals surface area contributed by atoms with Gasteiger partial charge in [-0.05, 0) is 76.5 Å². The zero-order valence-corrected chi connectivity index (χ0v) is 29.9. The van der Waals surface area contributed by atoms with Crippen molar-refractivity contribution in [1.29, 1.82) is 0 Å². The molecule has 0 radical (unpaired) electrons. The van der Waals surface area contributed by atoms with Gasteiger partial charge in [-0.2, -0.15) is 5.10 Å². The molecule has 7 heteroatoms. The Labute approximate surface area is 321 Å². The summed E-state index contributed by atoms with van der Waals surface area (Å²) < 4.78 is 8.40. The molecule has 7 nitrogen and oxygen atoms in total. The van der Waals surface area contributed by atoms with E-state index in [0.29, 0.717) is 17.5 Å². The summed E-state index contributed by atoms with van der Waals surface area (Å²) in [6, 6.07) is 58.1. The summed E-state index contributed by atoms with van der Waals surface area (Å²) in [5.41, 5.74) is 10.5. The molecule has 0 atom stereocenters. The maximum atomic E-state index is 6.38. The molecule has 56 heavy (non-hydrogen) atoms. The van der Waals surface area contributed by atoms with Gasteiger partial charge in [0.05, 0.1) is 11.2 Å². The zero-order chi connectivity index (χ0) is 37.0. The highest BCUT2D eigenvalue weighted by Gasteiger charge is 2.19. The second kappa shape index (κ2) is 13.0. The predicted molar refractivity (Wildman–Crippen MR) is 224 cm³/mol. The van der Waals surface area contributed by atoms with E-state index in [1.165, 1.54) is 5.39 Å². The van der Waals surface area contributed by atoms with E-state index in [9.17, 15) is 0 Å². The van der Waals surface area contributed by atoms with Gasteiger partial charge < -0.3 is 4.42 Å². The average Bonchev–Trinajstić information content (AvgIpc) is 3.86. The first kappa shape index (κ1) is 31.7. The number of fused-ring (bicyclic) bond motifs is 6. The number of rotatable bonds is 6. The van der Waals surface area contributed by atoms with E-state index < -0.39 is 0 Å². The van der Waals surface area contributed by atoms with E-state index in [2.05, 4.69) is 89.9 Å². The van der Waals surface area contributed by atoms with Crippen LogP contribution in [0.3, 0.4) is 0 Å². The van der Waals surface area contributed by atoms with Gasteiger partial charge in [-0.15, -0.1) is 0 Å². The number of benzene rings is 7. The minimum atomic E-state index is 0.601. The molecule has 7 aromatic carbocycles. The van der Waals surface area contributed by atoms with E-state index in [1.54, 1.807) is 12.4 Å². The van der Waals surface area contributed by atoms with Crippen LogP contribution in [0.5, 0.6) is 0 Å². The summed E-state index contributed by atoms with van der Waals surface area (Å²) in [6.07, 6.45) is 3.60. The quantitative estimate of drug-likeness (QED) is 0.170. The molecule has 0 aliphatic heterocycles. The van der Waals surface area contributed by atoms with E-state index in [4.69, 9.17) is 24.5 Å². The van der Waals surface area contributed by atoms with Crippen molar-refractivity contribution < 1.29 is 4.42 Å². The standard InChI is InChI=1S/C49H30N6O/c1-3-11-32(12-4-1)47-51-48(33-13-5-2-6-14-33)53-49(52-47)37-20-23-44-41(30-37)40-29-35(19-22-43(40)56-44)34-15-9-16-36(28-34)46-45-39-17-8-7-10-31(39)18-21-42(45)55(54-46)38-24-26-50-27-25-38/h1-30H. The zero-order valence-electron chi connectivity index (χ0n) is 29.9. The van der Waals surface area contributed by atoms with Crippen molar-refractivity contribution in [2.75, 3.05) is 0 Å². The van der Waals surface area contributed by atoms with Crippen molar-refractivity contribution in [3.63, 3.8) is 0 Å². The van der Waals surface area contributed by atoms with Crippen LogP contribution < -0.4 is 0 Å². The smallest absolute Gasteiger partial charge is 0.164 e. The molecular weight excluding hydrogens is 689 g/mol. The van der Waals surface area contributed by atoms with Crippen LogP contribution in [0.1, 0.15) is 0 Å². The molecule has 11 aromatic rings. The minimum Gasteiger partial charge on any atom is -0.456 e. The second-order valence-corrected chi connectivity index (χ2v) is 13.8. The maximum Gasteiger partial charge on any atom is 0.164 e. The van der Waals surface area contributed by atoms with Gasteiger partial charge in [0.2, 0.25) is 0 Å². The van der Waals surface area contributed by atoms with E-state index in [-0.39, 0.29) is 0 Å². The van der Waals surface area contributed by atoms with Gasteiger partial charge in [-0.3, -0.25) is 4.98 Å². The molecule has 0 aliphatic rings. The van der Waals surface area contributed by atoms with Crippen molar-refractivity contribution >= 4 is 43.6 Å². The lowest BCUT2D eigenvalue weighted by atomic mass is 9.97. The highest BCUT2D eigenvalue weighted by atomic mass is 16.3. The topological polar surface area (TPSA) is 82.5 Å². The number of aromatic nitrogens is 6. The number of furan rings is 1. The highest BCUT2D eigenvalue weighted by Crippen LogP contribution is 2.39. The molecule has 0 spiro atoms. The molecule has 0 saturated carbocycles. The van der Waals surface area contributed by atoms with Gasteiger partial charge >= 0.3 is 0 Å². The molecular formula is C49H30N6O. The first-order valence-corrected chi connectivity index (χ1v) is 18.5. The second-order valence-electron chi connectivity index (χ2n) is 13.8. The van der Waals surface area contributed by atoms with Crippen molar-refractivity contribution in [2.24, 2.45) is 0 Å². The third-order valence-electron chi connectivity index (χ3n) is 10.4. The number of pyridine rings is 1. The molecule has 4 heterocycles. The van der Waals surface area contributed by atoms with Crippen LogP contribution in [0.15, 0.2) is 187 Å². The molecule has 0 unspecified atom stereocenters. The summed E-state index contributed by atoms with van der Waals surface area (Å²) in [4.78, 5) is 19.1. The van der Waals surface area contributed by atoms with Gasteiger partial charge in [0.25, 0.3) is 0 Å². The summed E-state index contributed by atoms with van der Waals surface area (Å²) in [6.45, 7) is 0. The van der Waals surface area contributed by atoms with Crippen molar-refractivity contribution in [3.8, 4) is 62.2 Å². The van der Waals surface area contributed by atoms with Crippen LogP contribution in [-0.4, -0.2) is 29.7 Å². The fraction of sp³-hybridized carbons (Fsp3) is 0. The molecule has 0 fully saturated rings. The summed E-state index contributed by atoms with van der Waals surface area (Å²) in [5.74, 6) is 1.85. The predicted octanol–water partition coefficient (Wildman–Crippen LogP) is 12.0. The Morgan fingerprint density at radius 1 is 0.411 bits per heavy atom. The van der Waals surface area contributed by atoms with Crippen LogP contribution in [0.4, 0.5) is 0 Å². The number of hydrogen-bond acceptors (Lipinski definition) is 6. The lowest BCUT2D eigenvalue weighted by Gasteiger charge is -2.08. The largest absolute Gasteiger partial charge is 0.456 e. The van der Waals surface area contributed by atoms with Crippen molar-refractivity contribution in [2.45, 2.75) is 0 Å². The third kappa shape index (κ3) is 5.41. The minimum absolute atomic E-state index is 0.601. The normalized spacial score (nSPS) is 11.6. The Bertz CT molecular complexity index is 3190. The third-order valence-corrected chi connectivity index (χ3v) is 10.4. The molecule has 0 saturated heterocycles. The molecule has 0 N–H and O–H groups in total. The first-order valence-electron chi connectivity index (χ1n) is 18.5. The van der Waals surface area contributed by atoms with E-state index >= 15 is 0 Å². The van der Waals surface area contributed by atoms with Crippen LogP contribution in [0.25, 0.3) is 106 Å². The van der Waals surface area contributed by atoms with Crippen LogP contribution in [0, 0.1) is 0 Å². The Balaban J connectivity index is 1.04. The van der Waals surface area contributed by atoms with Crippen LogP contribution >= 0.6 is 0 Å². The monoisotopic (exact) mass is 718 g/mol. The Kier molecular flexibility index (Phi) is 7.35. The lowest BCUT2D eigenvalue weighted by Crippen LogP contribution is -2.00. The molecule has 4 aromatic heterocycles. The highest BCUT2D eigenvalue weighted by molar-refractivity contribution is 6.13. The fourth-order valence-electron chi connectivity index (χ4n) is 7.65. The van der Waals surface area contributed by atoms with E-state index in [1.807, 2.05) is 89.6 Å². The van der Waals surface area contributed by atoms with Gasteiger partial charge in [0.1, 0.15) is 16.9 Å². The Morgan fingerprint density at radius 2 is 0.982 bits per heavy atom. The summed E-state index contributed by atoms with van der Waals surface area (Å²) >= 11 is 0. The van der Waals surface area contributed by atoms with Crippen molar-refractivity contribution in [3.05, 3.63) is 182 Å².